The van der Waals surface area contributed by atoms with E-state index in [1.54, 1.807) is 12.1 Å². The lowest BCUT2D eigenvalue weighted by Crippen LogP contribution is -2.34. The van der Waals surface area contributed by atoms with E-state index in [-0.39, 0.29) is 4.90 Å². The Kier molecular flexibility index (Phi) is 6.58. The molecule has 1 aromatic carbocycles. The minimum Gasteiger partial charge on any atom is -0.282 e. The number of rotatable bonds is 4. The quantitative estimate of drug-likeness (QED) is 0.673. The van der Waals surface area contributed by atoms with Gasteiger partial charge in [0, 0.05) is 0 Å². The number of benzene rings is 1. The van der Waals surface area contributed by atoms with Gasteiger partial charge in [0.2, 0.25) is 6.33 Å². The molecule has 1 aromatic heterocycles. The third-order valence-corrected chi connectivity index (χ3v) is 3.97. The topological polar surface area (TPSA) is 74.0 Å². The van der Waals surface area contributed by atoms with Gasteiger partial charge in [-0.05, 0) is 32.4 Å². The summed E-state index contributed by atoms with van der Waals surface area (Å²) >= 11 is 0. The van der Waals surface area contributed by atoms with E-state index < -0.39 is 10.1 Å². The molecule has 5 nitrogen and oxygen atoms in total. The van der Waals surface area contributed by atoms with Gasteiger partial charge in [-0.25, -0.2) is 4.57 Å². The molecular weight excluding hydrogens is 288 g/mol. The van der Waals surface area contributed by atoms with Crippen LogP contribution in [0.2, 0.25) is 0 Å². The van der Waals surface area contributed by atoms with Crippen molar-refractivity contribution in [2.45, 2.75) is 44.6 Å². The maximum Gasteiger partial charge on any atom is 0.294 e. The number of aromatic nitrogens is 2. The van der Waals surface area contributed by atoms with Crippen molar-refractivity contribution >= 4 is 10.1 Å². The molecule has 0 radical (unpaired) electrons. The molecule has 2 rings (SSSR count). The molecule has 0 bridgehead atoms. The smallest absolute Gasteiger partial charge is 0.282 e. The van der Waals surface area contributed by atoms with Crippen LogP contribution in [0, 0.1) is 6.92 Å². The van der Waals surface area contributed by atoms with Crippen LogP contribution >= 0.6 is 0 Å². The molecular formula is C15H23N2O3S+. The Morgan fingerprint density at radius 1 is 1.29 bits per heavy atom. The standard InChI is InChI=1S/C8H14N2.C7H8O3S/c1-3-4-8(2)10-6-5-9-7-10;1-6-2-4-7(5-3-6)11(8,9)10/h5-8H,3-4H2,1-2H3;2-5H,1H3,(H,8,9,10)/p+1. The van der Waals surface area contributed by atoms with Crippen LogP contribution in [-0.2, 0) is 10.1 Å². The van der Waals surface area contributed by atoms with Crippen LogP contribution in [0.25, 0.3) is 0 Å². The second-order valence-corrected chi connectivity index (χ2v) is 6.41. The summed E-state index contributed by atoms with van der Waals surface area (Å²) in [7, 11) is -4.02. The zero-order valence-corrected chi connectivity index (χ0v) is 13.5. The fourth-order valence-electron chi connectivity index (χ4n) is 1.85. The Bertz CT molecular complexity index is 619. The predicted molar refractivity (Wildman–Crippen MR) is 81.6 cm³/mol. The van der Waals surface area contributed by atoms with Crippen molar-refractivity contribution in [2.75, 3.05) is 0 Å². The lowest BCUT2D eigenvalue weighted by Gasteiger charge is -2.03. The van der Waals surface area contributed by atoms with E-state index in [1.165, 1.54) is 25.0 Å². The van der Waals surface area contributed by atoms with Gasteiger partial charge in [0.25, 0.3) is 10.1 Å². The van der Waals surface area contributed by atoms with Crippen LogP contribution in [0.4, 0.5) is 0 Å². The lowest BCUT2D eigenvalue weighted by molar-refractivity contribution is -0.719. The summed E-state index contributed by atoms with van der Waals surface area (Å²) in [6.07, 6.45) is 8.52. The highest BCUT2D eigenvalue weighted by Crippen LogP contribution is 2.08. The summed E-state index contributed by atoms with van der Waals surface area (Å²) in [5.41, 5.74) is 0.956. The monoisotopic (exact) mass is 311 g/mol. The van der Waals surface area contributed by atoms with E-state index in [4.69, 9.17) is 4.55 Å². The number of nitrogens with one attached hydrogen (secondary N) is 1. The van der Waals surface area contributed by atoms with Crippen LogP contribution in [0.3, 0.4) is 0 Å². The Balaban J connectivity index is 0.000000211. The Morgan fingerprint density at radius 3 is 2.33 bits per heavy atom. The summed E-state index contributed by atoms with van der Waals surface area (Å²) in [5, 5.41) is 0. The first-order valence-electron chi connectivity index (χ1n) is 6.92. The summed E-state index contributed by atoms with van der Waals surface area (Å²) < 4.78 is 31.7. The molecule has 0 saturated heterocycles. The first-order chi connectivity index (χ1) is 9.84. The SMILES string of the molecule is CCCC(C)[n+]1cc[nH]c1.Cc1ccc(S(=O)(=O)O)cc1. The second-order valence-electron chi connectivity index (χ2n) is 4.98. The molecule has 0 amide bonds. The number of hydrogen-bond donors (Lipinski definition) is 2. The molecule has 2 aromatic rings. The zero-order valence-electron chi connectivity index (χ0n) is 12.7. The maximum absolute atomic E-state index is 10.5. The summed E-state index contributed by atoms with van der Waals surface area (Å²) in [5.74, 6) is 0. The van der Waals surface area contributed by atoms with Gasteiger partial charge >= 0.3 is 0 Å². The molecule has 116 valence electrons. The highest BCUT2D eigenvalue weighted by Gasteiger charge is 2.07. The van der Waals surface area contributed by atoms with Gasteiger partial charge < -0.3 is 0 Å². The van der Waals surface area contributed by atoms with Crippen LogP contribution < -0.4 is 4.57 Å². The fraction of sp³-hybridized carbons (Fsp3) is 0.400. The lowest BCUT2D eigenvalue weighted by atomic mass is 10.2. The third kappa shape index (κ3) is 6.10. The van der Waals surface area contributed by atoms with Gasteiger partial charge in [0.05, 0.1) is 10.9 Å². The number of H-pyrrole nitrogens is 1. The largest absolute Gasteiger partial charge is 0.294 e. The molecule has 0 aliphatic heterocycles. The maximum atomic E-state index is 10.5. The number of hydrogen-bond acceptors (Lipinski definition) is 2. The van der Waals surface area contributed by atoms with Gasteiger partial charge in [-0.1, -0.05) is 31.0 Å². The van der Waals surface area contributed by atoms with Crippen molar-refractivity contribution in [3.8, 4) is 0 Å². The van der Waals surface area contributed by atoms with Crippen molar-refractivity contribution in [2.24, 2.45) is 0 Å². The fourth-order valence-corrected chi connectivity index (χ4v) is 2.33. The van der Waals surface area contributed by atoms with Gasteiger partial charge in [-0.15, -0.1) is 0 Å². The average molecular weight is 311 g/mol. The predicted octanol–water partition coefficient (Wildman–Crippen LogP) is 2.91. The van der Waals surface area contributed by atoms with Gasteiger partial charge in [-0.2, -0.15) is 8.42 Å². The highest BCUT2D eigenvalue weighted by atomic mass is 32.2. The van der Waals surface area contributed by atoms with Crippen molar-refractivity contribution in [3.05, 3.63) is 48.5 Å². The number of aryl methyl sites for hydroxylation is 1. The highest BCUT2D eigenvalue weighted by molar-refractivity contribution is 7.85. The van der Waals surface area contributed by atoms with Crippen LogP contribution in [0.5, 0.6) is 0 Å². The van der Waals surface area contributed by atoms with Crippen LogP contribution in [0.15, 0.2) is 47.9 Å². The van der Waals surface area contributed by atoms with E-state index in [2.05, 4.69) is 29.6 Å². The first kappa shape index (κ1) is 17.4. The zero-order chi connectivity index (χ0) is 15.9. The van der Waals surface area contributed by atoms with E-state index in [0.717, 1.165) is 5.56 Å². The van der Waals surface area contributed by atoms with E-state index in [1.807, 2.05) is 19.4 Å². The van der Waals surface area contributed by atoms with Gasteiger partial charge in [0.1, 0.15) is 12.4 Å². The van der Waals surface area contributed by atoms with E-state index in [9.17, 15) is 8.42 Å². The summed E-state index contributed by atoms with van der Waals surface area (Å²) in [6.45, 7) is 6.29. The van der Waals surface area contributed by atoms with Crippen LogP contribution in [0.1, 0.15) is 38.3 Å². The van der Waals surface area contributed by atoms with Crippen molar-refractivity contribution in [1.82, 2.24) is 4.98 Å². The number of nitrogens with zero attached hydrogens (tertiary/aromatic N) is 1. The summed E-state index contributed by atoms with van der Waals surface area (Å²) in [4.78, 5) is 2.97. The average Bonchev–Trinajstić information content (AvgIpc) is 2.93. The molecule has 1 atom stereocenters. The molecule has 21 heavy (non-hydrogen) atoms. The Morgan fingerprint density at radius 2 is 1.90 bits per heavy atom. The van der Waals surface area contributed by atoms with Gasteiger partial charge in [0.15, 0.2) is 0 Å². The van der Waals surface area contributed by atoms with E-state index in [0.29, 0.717) is 6.04 Å². The molecule has 0 saturated carbocycles. The molecule has 0 aliphatic rings. The minimum absolute atomic E-state index is 0.0666. The number of aromatic amines is 1. The Hall–Kier alpha value is -1.66. The molecule has 0 fully saturated rings. The van der Waals surface area contributed by atoms with Crippen molar-refractivity contribution in [1.29, 1.82) is 0 Å². The third-order valence-electron chi connectivity index (χ3n) is 3.10. The normalized spacial score (nSPS) is 12.4. The Labute approximate surface area is 126 Å². The molecule has 6 heteroatoms. The molecule has 2 N–H and O–H groups in total. The molecule has 0 spiro atoms. The summed E-state index contributed by atoms with van der Waals surface area (Å²) in [6, 6.07) is 6.62. The van der Waals surface area contributed by atoms with Crippen molar-refractivity contribution < 1.29 is 17.5 Å². The van der Waals surface area contributed by atoms with Gasteiger partial charge in [-0.3, -0.25) is 9.54 Å². The minimum atomic E-state index is -4.02. The first-order valence-corrected chi connectivity index (χ1v) is 8.36. The van der Waals surface area contributed by atoms with E-state index >= 15 is 0 Å². The van der Waals surface area contributed by atoms with Crippen LogP contribution in [-0.4, -0.2) is 18.0 Å². The molecule has 1 unspecified atom stereocenters. The molecule has 1 heterocycles. The number of imidazole rings is 1. The molecule has 0 aliphatic carbocycles. The van der Waals surface area contributed by atoms with Crippen molar-refractivity contribution in [3.63, 3.8) is 0 Å². The second kappa shape index (κ2) is 7.95.